The van der Waals surface area contributed by atoms with Crippen molar-refractivity contribution in [2.75, 3.05) is 21.1 Å². The lowest BCUT2D eigenvalue weighted by atomic mass is 9.88. The molecule has 0 saturated carbocycles. The fraction of sp³-hybridized carbons (Fsp3) is 1.00. The third-order valence-electron chi connectivity index (χ3n) is 3.14. The van der Waals surface area contributed by atoms with E-state index in [1.807, 2.05) is 0 Å². The highest BCUT2D eigenvalue weighted by Gasteiger charge is 2.35. The van der Waals surface area contributed by atoms with Crippen LogP contribution in [0.2, 0.25) is 0 Å². The van der Waals surface area contributed by atoms with Crippen LogP contribution < -0.4 is 0 Å². The third kappa shape index (κ3) is 1.72. The van der Waals surface area contributed by atoms with Gasteiger partial charge in [-0.05, 0) is 13.8 Å². The first-order valence-corrected chi connectivity index (χ1v) is 4.01. The molecule has 0 aliphatic carbocycles. The first-order valence-electron chi connectivity index (χ1n) is 4.01. The van der Waals surface area contributed by atoms with Crippen molar-refractivity contribution in [3.63, 3.8) is 0 Å². The lowest BCUT2D eigenvalue weighted by Crippen LogP contribution is -2.56. The van der Waals surface area contributed by atoms with Gasteiger partial charge in [-0.3, -0.25) is 0 Å². The van der Waals surface area contributed by atoms with Crippen LogP contribution in [0.5, 0.6) is 0 Å². The van der Waals surface area contributed by atoms with Crippen LogP contribution in [0.3, 0.4) is 0 Å². The summed E-state index contributed by atoms with van der Waals surface area (Å²) in [5, 5.41) is 0. The maximum atomic E-state index is 2.32. The fourth-order valence-electron chi connectivity index (χ4n) is 0.775. The summed E-state index contributed by atoms with van der Waals surface area (Å²) in [5.74, 6) is 0.729. The van der Waals surface area contributed by atoms with E-state index in [0.717, 1.165) is 10.4 Å². The third-order valence-corrected chi connectivity index (χ3v) is 3.14. The topological polar surface area (TPSA) is 0 Å². The van der Waals surface area contributed by atoms with Crippen molar-refractivity contribution in [3.8, 4) is 0 Å². The van der Waals surface area contributed by atoms with Crippen molar-refractivity contribution in [2.24, 2.45) is 5.92 Å². The predicted molar refractivity (Wildman–Crippen MR) is 46.9 cm³/mol. The Morgan fingerprint density at radius 3 is 1.30 bits per heavy atom. The first kappa shape index (κ1) is 9.96. The van der Waals surface area contributed by atoms with Gasteiger partial charge in [0.25, 0.3) is 0 Å². The molecule has 0 spiro atoms. The molecule has 0 amide bonds. The van der Waals surface area contributed by atoms with Crippen molar-refractivity contribution in [2.45, 2.75) is 33.2 Å². The Morgan fingerprint density at radius 1 is 1.00 bits per heavy atom. The van der Waals surface area contributed by atoms with Gasteiger partial charge in [-0.25, -0.2) is 0 Å². The van der Waals surface area contributed by atoms with Gasteiger partial charge in [-0.2, -0.15) is 0 Å². The van der Waals surface area contributed by atoms with E-state index in [0.29, 0.717) is 5.54 Å². The molecule has 0 aromatic heterocycles. The lowest BCUT2D eigenvalue weighted by molar-refractivity contribution is -0.923. The van der Waals surface area contributed by atoms with E-state index in [2.05, 4.69) is 48.8 Å². The minimum atomic E-state index is 0.375. The monoisotopic (exact) mass is 144 g/mol. The molecular weight excluding hydrogens is 122 g/mol. The summed E-state index contributed by atoms with van der Waals surface area (Å²) in [5.41, 5.74) is 0.375. The summed E-state index contributed by atoms with van der Waals surface area (Å²) < 4.78 is 1.03. The molecule has 0 atom stereocenters. The van der Waals surface area contributed by atoms with Gasteiger partial charge in [0.05, 0.1) is 26.7 Å². The molecule has 1 heteroatoms. The Labute approximate surface area is 65.6 Å². The zero-order chi connectivity index (χ0) is 8.58. The molecule has 0 rings (SSSR count). The number of nitrogens with zero attached hydrogens (tertiary/aromatic N) is 1. The van der Waals surface area contributed by atoms with Gasteiger partial charge in [0, 0.05) is 5.92 Å². The van der Waals surface area contributed by atoms with Crippen molar-refractivity contribution >= 4 is 0 Å². The average molecular weight is 144 g/mol. The molecule has 0 radical (unpaired) electrons. The molecule has 1 nitrogen and oxygen atoms in total. The highest BCUT2D eigenvalue weighted by molar-refractivity contribution is 4.71. The largest absolute Gasteiger partial charge is 0.326 e. The Morgan fingerprint density at radius 2 is 1.30 bits per heavy atom. The van der Waals surface area contributed by atoms with Crippen LogP contribution in [0.15, 0.2) is 0 Å². The van der Waals surface area contributed by atoms with Crippen molar-refractivity contribution in [1.29, 1.82) is 0 Å². The van der Waals surface area contributed by atoms with Gasteiger partial charge >= 0.3 is 0 Å². The minimum Gasteiger partial charge on any atom is -0.326 e. The summed E-state index contributed by atoms with van der Waals surface area (Å²) in [6, 6.07) is 0. The molecule has 0 saturated heterocycles. The molecule has 0 aliphatic rings. The van der Waals surface area contributed by atoms with Crippen LogP contribution in [0, 0.1) is 5.92 Å². The number of rotatable bonds is 2. The van der Waals surface area contributed by atoms with E-state index in [4.69, 9.17) is 0 Å². The van der Waals surface area contributed by atoms with E-state index < -0.39 is 0 Å². The zero-order valence-corrected chi connectivity index (χ0v) is 8.52. The maximum Gasteiger partial charge on any atom is 0.0952 e. The number of quaternary nitrogens is 1. The Hall–Kier alpha value is -0.0400. The molecular formula is C9H22N+. The van der Waals surface area contributed by atoms with E-state index >= 15 is 0 Å². The van der Waals surface area contributed by atoms with Crippen molar-refractivity contribution in [1.82, 2.24) is 0 Å². The fourth-order valence-corrected chi connectivity index (χ4v) is 0.775. The second kappa shape index (κ2) is 2.54. The molecule has 0 heterocycles. The quantitative estimate of drug-likeness (QED) is 0.521. The molecule has 0 aromatic carbocycles. The van der Waals surface area contributed by atoms with Crippen LogP contribution in [-0.2, 0) is 0 Å². The number of hydrogen-bond donors (Lipinski definition) is 0. The Bertz CT molecular complexity index is 106. The second-order valence-electron chi connectivity index (χ2n) is 4.82. The van der Waals surface area contributed by atoms with E-state index in [-0.39, 0.29) is 0 Å². The molecule has 0 fully saturated rings. The highest BCUT2D eigenvalue weighted by Crippen LogP contribution is 2.25. The molecule has 0 unspecified atom stereocenters. The minimum absolute atomic E-state index is 0.375. The van der Waals surface area contributed by atoms with Gasteiger partial charge in [0.15, 0.2) is 0 Å². The molecule has 62 valence electrons. The molecule has 0 bridgehead atoms. The summed E-state index contributed by atoms with van der Waals surface area (Å²) in [6.07, 6.45) is 0. The van der Waals surface area contributed by atoms with Crippen molar-refractivity contribution in [3.05, 3.63) is 0 Å². The molecule has 0 aliphatic heterocycles. The second-order valence-corrected chi connectivity index (χ2v) is 4.82. The zero-order valence-electron chi connectivity index (χ0n) is 8.52. The normalized spacial score (nSPS) is 14.4. The van der Waals surface area contributed by atoms with Gasteiger partial charge in [0.2, 0.25) is 0 Å². The van der Waals surface area contributed by atoms with Crippen LogP contribution in [0.4, 0.5) is 0 Å². The summed E-state index contributed by atoms with van der Waals surface area (Å²) in [4.78, 5) is 0. The van der Waals surface area contributed by atoms with Crippen LogP contribution in [0.25, 0.3) is 0 Å². The average Bonchev–Trinajstić information content (AvgIpc) is 1.62. The van der Waals surface area contributed by atoms with Gasteiger partial charge in [-0.15, -0.1) is 0 Å². The summed E-state index contributed by atoms with van der Waals surface area (Å²) in [6.45, 7) is 9.20. The van der Waals surface area contributed by atoms with E-state index in [9.17, 15) is 0 Å². The summed E-state index contributed by atoms with van der Waals surface area (Å²) in [7, 11) is 6.75. The maximum absolute atomic E-state index is 2.32. The molecule has 0 aromatic rings. The Kier molecular flexibility index (Phi) is 2.53. The van der Waals surface area contributed by atoms with E-state index in [1.54, 1.807) is 0 Å². The summed E-state index contributed by atoms with van der Waals surface area (Å²) >= 11 is 0. The van der Waals surface area contributed by atoms with E-state index in [1.165, 1.54) is 0 Å². The lowest BCUT2D eigenvalue weighted by Gasteiger charge is -2.44. The molecule has 0 N–H and O–H groups in total. The van der Waals surface area contributed by atoms with Gasteiger partial charge < -0.3 is 4.48 Å². The Balaban J connectivity index is 4.40. The SMILES string of the molecule is CC(C)C(C)(C)[N+](C)(C)C. The van der Waals surface area contributed by atoms with Gasteiger partial charge in [0.1, 0.15) is 0 Å². The van der Waals surface area contributed by atoms with Crippen LogP contribution in [-0.4, -0.2) is 31.2 Å². The highest BCUT2D eigenvalue weighted by atomic mass is 15.3. The smallest absolute Gasteiger partial charge is 0.0952 e. The first-order chi connectivity index (χ1) is 4.19. The van der Waals surface area contributed by atoms with Gasteiger partial charge in [-0.1, -0.05) is 13.8 Å². The predicted octanol–water partition coefficient (Wildman–Crippen LogP) is 2.13. The molecule has 10 heavy (non-hydrogen) atoms. The standard InChI is InChI=1S/C9H22N/c1-8(2)9(3,4)10(5,6)7/h8H,1-7H3/q+1. The number of hydrogen-bond acceptors (Lipinski definition) is 0. The van der Waals surface area contributed by atoms with Crippen LogP contribution >= 0.6 is 0 Å². The van der Waals surface area contributed by atoms with Crippen molar-refractivity contribution < 1.29 is 4.48 Å². The van der Waals surface area contributed by atoms with Crippen LogP contribution in [0.1, 0.15) is 27.7 Å².